The van der Waals surface area contributed by atoms with E-state index >= 15 is 0 Å². The van der Waals surface area contributed by atoms with Crippen LogP contribution in [0.3, 0.4) is 0 Å². The number of para-hydroxylation sites is 1. The third-order valence-corrected chi connectivity index (χ3v) is 6.23. The van der Waals surface area contributed by atoms with E-state index in [-0.39, 0.29) is 5.75 Å². The molecule has 0 radical (unpaired) electrons. The van der Waals surface area contributed by atoms with E-state index in [4.69, 9.17) is 0 Å². The molecule has 0 saturated carbocycles. The number of rotatable bonds is 7. The lowest BCUT2D eigenvalue weighted by Gasteiger charge is -2.37. The van der Waals surface area contributed by atoms with E-state index < -0.39 is 10.0 Å². The van der Waals surface area contributed by atoms with E-state index in [1.54, 1.807) is 7.05 Å². The first kappa shape index (κ1) is 21.1. The molecule has 1 fully saturated rings. The van der Waals surface area contributed by atoms with Crippen LogP contribution >= 0.6 is 0 Å². The van der Waals surface area contributed by atoms with Gasteiger partial charge >= 0.3 is 0 Å². The Hall–Kier alpha value is -2.58. The molecule has 8 heteroatoms. The summed E-state index contributed by atoms with van der Waals surface area (Å²) >= 11 is 0. The smallest absolute Gasteiger partial charge is 0.213 e. The number of hydrogen-bond donors (Lipinski definition) is 2. The number of nitrogens with one attached hydrogen (secondary N) is 2. The molecule has 156 valence electrons. The molecule has 3 rings (SSSR count). The number of guanidine groups is 1. The Bertz CT molecular complexity index is 880. The number of nitrogens with zero attached hydrogens (tertiary/aromatic N) is 3. The molecule has 0 amide bonds. The molecule has 2 aromatic carbocycles. The fourth-order valence-electron chi connectivity index (χ4n) is 3.31. The van der Waals surface area contributed by atoms with Crippen molar-refractivity contribution < 1.29 is 8.42 Å². The predicted octanol–water partition coefficient (Wildman–Crippen LogP) is 1.50. The van der Waals surface area contributed by atoms with Crippen molar-refractivity contribution in [3.05, 3.63) is 66.2 Å². The van der Waals surface area contributed by atoms with Crippen LogP contribution in [0.4, 0.5) is 5.69 Å². The average Bonchev–Trinajstić information content (AvgIpc) is 2.77. The van der Waals surface area contributed by atoms with E-state index in [0.29, 0.717) is 13.1 Å². The second kappa shape index (κ2) is 10.3. The van der Waals surface area contributed by atoms with Crippen LogP contribution in [0.2, 0.25) is 0 Å². The number of benzene rings is 2. The van der Waals surface area contributed by atoms with Crippen LogP contribution in [0.25, 0.3) is 0 Å². The Morgan fingerprint density at radius 2 is 1.59 bits per heavy atom. The van der Waals surface area contributed by atoms with Gasteiger partial charge in [0.25, 0.3) is 0 Å². The molecule has 1 saturated heterocycles. The van der Waals surface area contributed by atoms with Crippen molar-refractivity contribution in [3.8, 4) is 0 Å². The highest BCUT2D eigenvalue weighted by atomic mass is 32.2. The van der Waals surface area contributed by atoms with Crippen LogP contribution in [0, 0.1) is 0 Å². The maximum atomic E-state index is 12.2. The molecule has 1 heterocycles. The topological polar surface area (TPSA) is 77.0 Å². The summed E-state index contributed by atoms with van der Waals surface area (Å²) in [7, 11) is -1.62. The Morgan fingerprint density at radius 3 is 2.21 bits per heavy atom. The minimum atomic E-state index is -3.35. The number of hydrogen-bond acceptors (Lipinski definition) is 4. The van der Waals surface area contributed by atoms with Crippen molar-refractivity contribution in [2.45, 2.75) is 6.54 Å². The van der Waals surface area contributed by atoms with Crippen molar-refractivity contribution in [1.82, 2.24) is 14.9 Å². The van der Waals surface area contributed by atoms with Crippen LogP contribution < -0.4 is 14.9 Å². The molecular weight excluding hydrogens is 386 g/mol. The van der Waals surface area contributed by atoms with Gasteiger partial charge in [-0.2, -0.15) is 0 Å². The zero-order valence-electron chi connectivity index (χ0n) is 16.8. The summed E-state index contributed by atoms with van der Waals surface area (Å²) < 4.78 is 27.1. The van der Waals surface area contributed by atoms with Crippen LogP contribution in [0.5, 0.6) is 0 Å². The van der Waals surface area contributed by atoms with Gasteiger partial charge in [-0.05, 0) is 17.7 Å². The summed E-state index contributed by atoms with van der Waals surface area (Å²) in [5.74, 6) is 0.749. The highest BCUT2D eigenvalue weighted by Gasteiger charge is 2.20. The van der Waals surface area contributed by atoms with Crippen molar-refractivity contribution in [3.63, 3.8) is 0 Å². The quantitative estimate of drug-likeness (QED) is 0.529. The van der Waals surface area contributed by atoms with Crippen LogP contribution in [0.15, 0.2) is 65.7 Å². The first-order valence-electron chi connectivity index (χ1n) is 9.84. The van der Waals surface area contributed by atoms with Crippen molar-refractivity contribution in [1.29, 1.82) is 0 Å². The monoisotopic (exact) mass is 415 g/mol. The molecule has 0 aromatic heterocycles. The maximum Gasteiger partial charge on any atom is 0.213 e. The lowest BCUT2D eigenvalue weighted by molar-refractivity contribution is 0.373. The van der Waals surface area contributed by atoms with Crippen LogP contribution in [0.1, 0.15) is 5.56 Å². The van der Waals surface area contributed by atoms with Crippen molar-refractivity contribution in [2.24, 2.45) is 4.99 Å². The van der Waals surface area contributed by atoms with Gasteiger partial charge in [0.15, 0.2) is 5.96 Å². The van der Waals surface area contributed by atoms with E-state index in [9.17, 15) is 8.42 Å². The van der Waals surface area contributed by atoms with Gasteiger partial charge in [-0.25, -0.2) is 13.1 Å². The second-order valence-electron chi connectivity index (χ2n) is 6.91. The largest absolute Gasteiger partial charge is 0.368 e. The van der Waals surface area contributed by atoms with Gasteiger partial charge in [-0.15, -0.1) is 0 Å². The summed E-state index contributed by atoms with van der Waals surface area (Å²) in [6.45, 7) is 4.11. The number of sulfonamides is 1. The molecule has 7 nitrogen and oxygen atoms in total. The Balaban J connectivity index is 1.42. The summed E-state index contributed by atoms with van der Waals surface area (Å²) in [5.41, 5.74) is 2.17. The summed E-state index contributed by atoms with van der Waals surface area (Å²) in [5, 5.41) is 3.19. The summed E-state index contributed by atoms with van der Waals surface area (Å²) in [4.78, 5) is 8.84. The summed E-state index contributed by atoms with van der Waals surface area (Å²) in [6.07, 6.45) is 0. The maximum absolute atomic E-state index is 12.2. The molecule has 0 unspecified atom stereocenters. The molecule has 0 bridgehead atoms. The van der Waals surface area contributed by atoms with E-state index in [1.165, 1.54) is 5.69 Å². The van der Waals surface area contributed by atoms with E-state index in [0.717, 1.165) is 37.7 Å². The lowest BCUT2D eigenvalue weighted by Crippen LogP contribution is -2.53. The Labute approximate surface area is 173 Å². The fourth-order valence-corrected chi connectivity index (χ4v) is 4.21. The first-order chi connectivity index (χ1) is 14.1. The molecular formula is C21H29N5O2S. The standard InChI is InChI=1S/C21H29N5O2S/c1-22-21(26-15-13-25(14-16-26)20-10-6-3-7-11-20)23-12-17-29(27,28)24-18-19-8-4-2-5-9-19/h2-11,24H,12-18H2,1H3,(H,22,23). The second-order valence-corrected chi connectivity index (χ2v) is 8.84. The fraction of sp³-hybridized carbons (Fsp3) is 0.381. The van der Waals surface area contributed by atoms with Gasteiger partial charge in [-0.1, -0.05) is 48.5 Å². The molecule has 0 aliphatic carbocycles. The third kappa shape index (κ3) is 6.47. The van der Waals surface area contributed by atoms with Gasteiger partial charge in [-0.3, -0.25) is 4.99 Å². The predicted molar refractivity (Wildman–Crippen MR) is 119 cm³/mol. The molecule has 0 atom stereocenters. The number of aliphatic imine (C=N–C) groups is 1. The van der Waals surface area contributed by atoms with Gasteiger partial charge in [0.2, 0.25) is 10.0 Å². The number of anilines is 1. The van der Waals surface area contributed by atoms with Crippen LogP contribution in [-0.4, -0.2) is 64.8 Å². The third-order valence-electron chi connectivity index (χ3n) is 4.91. The zero-order chi connectivity index (χ0) is 20.5. The molecule has 0 spiro atoms. The Kier molecular flexibility index (Phi) is 7.48. The Morgan fingerprint density at radius 1 is 0.966 bits per heavy atom. The van der Waals surface area contributed by atoms with Crippen LogP contribution in [-0.2, 0) is 16.6 Å². The minimum Gasteiger partial charge on any atom is -0.368 e. The van der Waals surface area contributed by atoms with Gasteiger partial charge < -0.3 is 15.1 Å². The molecule has 1 aliphatic heterocycles. The minimum absolute atomic E-state index is 0.00281. The number of piperazine rings is 1. The van der Waals surface area contributed by atoms with Crippen molar-refractivity contribution >= 4 is 21.7 Å². The molecule has 29 heavy (non-hydrogen) atoms. The highest BCUT2D eigenvalue weighted by Crippen LogP contribution is 2.15. The summed E-state index contributed by atoms with van der Waals surface area (Å²) in [6, 6.07) is 19.9. The average molecular weight is 416 g/mol. The molecule has 2 N–H and O–H groups in total. The van der Waals surface area contributed by atoms with Gasteiger partial charge in [0.1, 0.15) is 0 Å². The van der Waals surface area contributed by atoms with E-state index in [2.05, 4.69) is 49.1 Å². The first-order valence-corrected chi connectivity index (χ1v) is 11.5. The molecule has 2 aromatic rings. The highest BCUT2D eigenvalue weighted by molar-refractivity contribution is 7.89. The molecule has 1 aliphatic rings. The SMILES string of the molecule is CN=C(NCCS(=O)(=O)NCc1ccccc1)N1CCN(c2ccccc2)CC1. The lowest BCUT2D eigenvalue weighted by atomic mass is 10.2. The van der Waals surface area contributed by atoms with Gasteiger partial charge in [0, 0.05) is 52.0 Å². The van der Waals surface area contributed by atoms with E-state index in [1.807, 2.05) is 36.4 Å². The normalized spacial score (nSPS) is 15.4. The van der Waals surface area contributed by atoms with Gasteiger partial charge in [0.05, 0.1) is 5.75 Å². The zero-order valence-corrected chi connectivity index (χ0v) is 17.6. The van der Waals surface area contributed by atoms with Crippen molar-refractivity contribution in [2.75, 3.05) is 50.4 Å².